The van der Waals surface area contributed by atoms with Gasteiger partial charge in [-0.2, -0.15) is 0 Å². The summed E-state index contributed by atoms with van der Waals surface area (Å²) in [5, 5.41) is 2.94. The molecule has 1 heterocycles. The second kappa shape index (κ2) is 7.94. The lowest BCUT2D eigenvalue weighted by atomic mass is 10.00. The van der Waals surface area contributed by atoms with E-state index in [-0.39, 0.29) is 11.9 Å². The second-order valence-corrected chi connectivity index (χ2v) is 6.19. The maximum Gasteiger partial charge on any atom is 0.337 e. The third kappa shape index (κ3) is 4.45. The van der Waals surface area contributed by atoms with Gasteiger partial charge in [-0.3, -0.25) is 9.69 Å². The first-order valence-corrected chi connectivity index (χ1v) is 8.39. The molecule has 0 unspecified atom stereocenters. The first-order chi connectivity index (χ1) is 12.2. The number of esters is 1. The number of carbonyl (C=O) groups is 2. The van der Waals surface area contributed by atoms with Gasteiger partial charge >= 0.3 is 5.97 Å². The lowest BCUT2D eigenvalue weighted by Gasteiger charge is -2.28. The van der Waals surface area contributed by atoms with E-state index in [1.807, 2.05) is 18.2 Å². The first kappa shape index (κ1) is 17.2. The van der Waals surface area contributed by atoms with E-state index in [9.17, 15) is 9.59 Å². The number of benzene rings is 2. The normalized spacial score (nSPS) is 13.8. The standard InChI is InChI=1S/C20H22N2O3/c1-25-20(24)17-8-6-15(7-9-17)12-21-19(23)14-22-11-10-16-4-2-3-5-18(16)13-22/h2-9H,10-14H2,1H3,(H,21,23). The van der Waals surface area contributed by atoms with Crippen LogP contribution in [0.1, 0.15) is 27.0 Å². The Kier molecular flexibility index (Phi) is 5.46. The van der Waals surface area contributed by atoms with Crippen LogP contribution < -0.4 is 5.32 Å². The number of ether oxygens (including phenoxy) is 1. The third-order valence-corrected chi connectivity index (χ3v) is 4.44. The molecule has 0 radical (unpaired) electrons. The molecule has 0 aromatic heterocycles. The highest BCUT2D eigenvalue weighted by atomic mass is 16.5. The van der Waals surface area contributed by atoms with Crippen LogP contribution in [0.25, 0.3) is 0 Å². The molecular formula is C20H22N2O3. The van der Waals surface area contributed by atoms with Crippen molar-refractivity contribution in [2.24, 2.45) is 0 Å². The minimum absolute atomic E-state index is 0.0106. The van der Waals surface area contributed by atoms with Gasteiger partial charge in [-0.05, 0) is 35.2 Å². The molecule has 0 aliphatic carbocycles. The van der Waals surface area contributed by atoms with Crippen LogP contribution in [0.5, 0.6) is 0 Å². The summed E-state index contributed by atoms with van der Waals surface area (Å²) in [6.07, 6.45) is 0.985. The number of hydrogen-bond donors (Lipinski definition) is 1. The number of nitrogens with one attached hydrogen (secondary N) is 1. The van der Waals surface area contributed by atoms with E-state index in [4.69, 9.17) is 0 Å². The zero-order chi connectivity index (χ0) is 17.6. The molecule has 0 bridgehead atoms. The molecule has 1 amide bonds. The van der Waals surface area contributed by atoms with Crippen molar-refractivity contribution in [2.45, 2.75) is 19.5 Å². The molecule has 0 atom stereocenters. The van der Waals surface area contributed by atoms with Crippen LogP contribution in [0, 0.1) is 0 Å². The first-order valence-electron chi connectivity index (χ1n) is 8.39. The average molecular weight is 338 g/mol. The molecule has 0 saturated heterocycles. The monoisotopic (exact) mass is 338 g/mol. The summed E-state index contributed by atoms with van der Waals surface area (Å²) in [5.74, 6) is -0.350. The molecule has 1 aliphatic rings. The fourth-order valence-electron chi connectivity index (χ4n) is 3.03. The van der Waals surface area contributed by atoms with Crippen LogP contribution in [0.2, 0.25) is 0 Å². The highest BCUT2D eigenvalue weighted by Gasteiger charge is 2.17. The van der Waals surface area contributed by atoms with Gasteiger partial charge in [0.1, 0.15) is 0 Å². The van der Waals surface area contributed by atoms with Crippen LogP contribution >= 0.6 is 0 Å². The van der Waals surface area contributed by atoms with E-state index in [1.54, 1.807) is 12.1 Å². The van der Waals surface area contributed by atoms with E-state index >= 15 is 0 Å². The summed E-state index contributed by atoms with van der Waals surface area (Å²) in [5.41, 5.74) is 4.14. The third-order valence-electron chi connectivity index (χ3n) is 4.44. The van der Waals surface area contributed by atoms with Crippen LogP contribution in [0.3, 0.4) is 0 Å². The van der Waals surface area contributed by atoms with Gasteiger partial charge in [0.25, 0.3) is 0 Å². The summed E-state index contributed by atoms with van der Waals surface area (Å²) >= 11 is 0. The van der Waals surface area contributed by atoms with Gasteiger partial charge in [-0.25, -0.2) is 4.79 Å². The number of rotatable bonds is 5. The molecule has 2 aromatic rings. The van der Waals surface area contributed by atoms with Gasteiger partial charge < -0.3 is 10.1 Å². The van der Waals surface area contributed by atoms with Crippen LogP contribution in [-0.4, -0.2) is 37.0 Å². The van der Waals surface area contributed by atoms with Crippen molar-refractivity contribution >= 4 is 11.9 Å². The zero-order valence-corrected chi connectivity index (χ0v) is 14.3. The Morgan fingerprint density at radius 1 is 1.08 bits per heavy atom. The summed E-state index contributed by atoms with van der Waals surface area (Å²) in [6.45, 7) is 2.56. The highest BCUT2D eigenvalue weighted by molar-refractivity contribution is 5.89. The molecule has 3 rings (SSSR count). The molecule has 25 heavy (non-hydrogen) atoms. The predicted octanol–water partition coefficient (Wildman–Crippen LogP) is 2.15. The molecule has 5 heteroatoms. The van der Waals surface area contributed by atoms with Gasteiger partial charge in [-0.15, -0.1) is 0 Å². The number of hydrogen-bond acceptors (Lipinski definition) is 4. The van der Waals surface area contributed by atoms with Crippen molar-refractivity contribution in [2.75, 3.05) is 20.2 Å². The number of amides is 1. The van der Waals surface area contributed by atoms with Crippen molar-refractivity contribution in [1.82, 2.24) is 10.2 Å². The Balaban J connectivity index is 1.48. The van der Waals surface area contributed by atoms with Crippen molar-refractivity contribution < 1.29 is 14.3 Å². The van der Waals surface area contributed by atoms with Crippen LogP contribution in [0.15, 0.2) is 48.5 Å². The Hall–Kier alpha value is -2.66. The quantitative estimate of drug-likeness (QED) is 0.849. The smallest absolute Gasteiger partial charge is 0.337 e. The van der Waals surface area contributed by atoms with E-state index < -0.39 is 0 Å². The summed E-state index contributed by atoms with van der Waals surface area (Å²) in [6, 6.07) is 15.4. The van der Waals surface area contributed by atoms with Crippen LogP contribution in [0.4, 0.5) is 0 Å². The molecule has 5 nitrogen and oxygen atoms in total. The Morgan fingerprint density at radius 2 is 1.80 bits per heavy atom. The molecule has 0 saturated carbocycles. The lowest BCUT2D eigenvalue weighted by Crippen LogP contribution is -2.39. The van der Waals surface area contributed by atoms with Gasteiger partial charge in [-0.1, -0.05) is 36.4 Å². The molecule has 130 valence electrons. The minimum atomic E-state index is -0.360. The Bertz CT molecular complexity index is 756. The Morgan fingerprint density at radius 3 is 2.52 bits per heavy atom. The maximum absolute atomic E-state index is 12.2. The van der Waals surface area contributed by atoms with Gasteiger partial charge in [0.05, 0.1) is 19.2 Å². The molecule has 0 fully saturated rings. The predicted molar refractivity (Wildman–Crippen MR) is 95.1 cm³/mol. The van der Waals surface area contributed by atoms with E-state index in [1.165, 1.54) is 18.2 Å². The molecule has 0 spiro atoms. The second-order valence-electron chi connectivity index (χ2n) is 6.19. The molecular weight excluding hydrogens is 316 g/mol. The largest absolute Gasteiger partial charge is 0.465 e. The van der Waals surface area contributed by atoms with Crippen molar-refractivity contribution in [3.05, 3.63) is 70.8 Å². The highest BCUT2D eigenvalue weighted by Crippen LogP contribution is 2.17. The molecule has 1 N–H and O–H groups in total. The van der Waals surface area contributed by atoms with E-state index in [0.29, 0.717) is 18.7 Å². The van der Waals surface area contributed by atoms with E-state index in [2.05, 4.69) is 33.2 Å². The van der Waals surface area contributed by atoms with Gasteiger partial charge in [0, 0.05) is 19.6 Å². The molecule has 2 aromatic carbocycles. The van der Waals surface area contributed by atoms with Crippen molar-refractivity contribution in [3.8, 4) is 0 Å². The van der Waals surface area contributed by atoms with Gasteiger partial charge in [0.15, 0.2) is 0 Å². The fraction of sp³-hybridized carbons (Fsp3) is 0.300. The topological polar surface area (TPSA) is 58.6 Å². The van der Waals surface area contributed by atoms with Crippen LogP contribution in [-0.2, 0) is 29.0 Å². The van der Waals surface area contributed by atoms with E-state index in [0.717, 1.165) is 25.1 Å². The lowest BCUT2D eigenvalue weighted by molar-refractivity contribution is -0.122. The number of nitrogens with zero attached hydrogens (tertiary/aromatic N) is 1. The summed E-state index contributed by atoms with van der Waals surface area (Å²) in [7, 11) is 1.36. The number of methoxy groups -OCH3 is 1. The SMILES string of the molecule is COC(=O)c1ccc(CNC(=O)CN2CCc3ccccc3C2)cc1. The zero-order valence-electron chi connectivity index (χ0n) is 14.3. The number of carbonyl (C=O) groups excluding carboxylic acids is 2. The Labute approximate surface area is 147 Å². The fourth-order valence-corrected chi connectivity index (χ4v) is 3.03. The average Bonchev–Trinajstić information content (AvgIpc) is 2.66. The summed E-state index contributed by atoms with van der Waals surface area (Å²) in [4.78, 5) is 25.8. The van der Waals surface area contributed by atoms with Crippen molar-refractivity contribution in [1.29, 1.82) is 0 Å². The summed E-state index contributed by atoms with van der Waals surface area (Å²) < 4.78 is 4.67. The maximum atomic E-state index is 12.2. The van der Waals surface area contributed by atoms with Crippen molar-refractivity contribution in [3.63, 3.8) is 0 Å². The molecule has 1 aliphatic heterocycles. The number of fused-ring (bicyclic) bond motifs is 1. The minimum Gasteiger partial charge on any atom is -0.465 e. The van der Waals surface area contributed by atoms with Gasteiger partial charge in [0.2, 0.25) is 5.91 Å².